The highest BCUT2D eigenvalue weighted by Gasteiger charge is 2.08. The fourth-order valence-electron chi connectivity index (χ4n) is 2.12. The Morgan fingerprint density at radius 2 is 2.16 bits per heavy atom. The van der Waals surface area contributed by atoms with Crippen LogP contribution in [0.2, 0.25) is 0 Å². The van der Waals surface area contributed by atoms with E-state index in [9.17, 15) is 10.1 Å². The van der Waals surface area contributed by atoms with E-state index in [0.717, 1.165) is 35.9 Å². The van der Waals surface area contributed by atoms with Gasteiger partial charge in [-0.25, -0.2) is 0 Å². The highest BCUT2D eigenvalue weighted by atomic mass is 16.6. The number of nitrogens with zero attached hydrogens (tertiary/aromatic N) is 2. The van der Waals surface area contributed by atoms with Gasteiger partial charge >= 0.3 is 0 Å². The molecule has 0 aliphatic carbocycles. The molecule has 5 heteroatoms. The third-order valence-electron chi connectivity index (χ3n) is 3.07. The Morgan fingerprint density at radius 3 is 2.84 bits per heavy atom. The van der Waals surface area contributed by atoms with Crippen LogP contribution in [0.25, 0.3) is 10.9 Å². The summed E-state index contributed by atoms with van der Waals surface area (Å²) in [4.78, 5) is 14.8. The molecule has 1 atom stereocenters. The Morgan fingerprint density at radius 1 is 1.37 bits per heavy atom. The lowest BCUT2D eigenvalue weighted by atomic mass is 10.1. The monoisotopic (exact) mass is 259 g/mol. The van der Waals surface area contributed by atoms with Gasteiger partial charge < -0.3 is 5.73 Å². The zero-order valence-corrected chi connectivity index (χ0v) is 10.9. The molecule has 0 aliphatic rings. The molecule has 1 aromatic heterocycles. The average molecular weight is 259 g/mol. The van der Waals surface area contributed by atoms with E-state index in [1.807, 2.05) is 12.1 Å². The smallest absolute Gasteiger partial charge is 0.270 e. The van der Waals surface area contributed by atoms with Gasteiger partial charge in [0.25, 0.3) is 5.69 Å². The number of hydrogen-bond donors (Lipinski definition) is 1. The molecule has 0 spiro atoms. The van der Waals surface area contributed by atoms with E-state index in [2.05, 4.69) is 11.9 Å². The molecule has 2 aromatic rings. The molecule has 19 heavy (non-hydrogen) atoms. The Bertz CT molecular complexity index is 598. The molecule has 1 unspecified atom stereocenters. The van der Waals surface area contributed by atoms with E-state index in [-0.39, 0.29) is 11.7 Å². The van der Waals surface area contributed by atoms with Crippen molar-refractivity contribution in [1.29, 1.82) is 0 Å². The Labute approximate surface area is 111 Å². The maximum Gasteiger partial charge on any atom is 0.270 e. The normalized spacial score (nSPS) is 12.5. The second-order valence-corrected chi connectivity index (χ2v) is 4.69. The van der Waals surface area contributed by atoms with Crippen LogP contribution < -0.4 is 5.73 Å². The lowest BCUT2D eigenvalue weighted by Crippen LogP contribution is -2.22. The van der Waals surface area contributed by atoms with Crippen LogP contribution in [-0.4, -0.2) is 15.9 Å². The fraction of sp³-hybridized carbons (Fsp3) is 0.357. The molecule has 100 valence electrons. The highest BCUT2D eigenvalue weighted by Crippen LogP contribution is 2.20. The molecular weight excluding hydrogens is 242 g/mol. The largest absolute Gasteiger partial charge is 0.327 e. The molecule has 0 bridgehead atoms. The zero-order chi connectivity index (χ0) is 13.8. The summed E-state index contributed by atoms with van der Waals surface area (Å²) in [6.45, 7) is 2.10. The molecule has 2 N–H and O–H groups in total. The van der Waals surface area contributed by atoms with Crippen molar-refractivity contribution in [3.63, 3.8) is 0 Å². The van der Waals surface area contributed by atoms with Crippen molar-refractivity contribution in [1.82, 2.24) is 4.98 Å². The molecule has 0 saturated heterocycles. The zero-order valence-electron chi connectivity index (χ0n) is 10.9. The van der Waals surface area contributed by atoms with Gasteiger partial charge in [-0.15, -0.1) is 0 Å². The van der Waals surface area contributed by atoms with E-state index in [1.165, 1.54) is 12.1 Å². The number of hydrogen-bond acceptors (Lipinski definition) is 4. The lowest BCUT2D eigenvalue weighted by molar-refractivity contribution is -0.384. The van der Waals surface area contributed by atoms with Crippen LogP contribution in [0, 0.1) is 10.1 Å². The van der Waals surface area contributed by atoms with E-state index in [1.54, 1.807) is 6.07 Å². The molecule has 1 aromatic carbocycles. The summed E-state index contributed by atoms with van der Waals surface area (Å²) >= 11 is 0. The average Bonchev–Trinajstić information content (AvgIpc) is 2.38. The van der Waals surface area contributed by atoms with Gasteiger partial charge in [-0.05, 0) is 18.6 Å². The molecule has 0 fully saturated rings. The van der Waals surface area contributed by atoms with Gasteiger partial charge in [0.05, 0.1) is 10.4 Å². The molecule has 0 aliphatic heterocycles. The molecule has 0 saturated carbocycles. The predicted octanol–water partition coefficient (Wildman–Crippen LogP) is 2.81. The third-order valence-corrected chi connectivity index (χ3v) is 3.07. The number of nitrogens with two attached hydrogens (primary N) is 1. The third kappa shape index (κ3) is 3.26. The van der Waals surface area contributed by atoms with Crippen molar-refractivity contribution in [2.75, 3.05) is 0 Å². The topological polar surface area (TPSA) is 82.0 Å². The second-order valence-electron chi connectivity index (χ2n) is 4.69. The number of fused-ring (bicyclic) bond motifs is 1. The van der Waals surface area contributed by atoms with Crippen molar-refractivity contribution in [3.05, 3.63) is 46.1 Å². The number of benzene rings is 1. The molecule has 0 radical (unpaired) electrons. The first-order chi connectivity index (χ1) is 9.10. The summed E-state index contributed by atoms with van der Waals surface area (Å²) < 4.78 is 0. The SMILES string of the molecule is CCCC(N)Cc1ccc2cc([N+](=O)[O-])ccc2n1. The van der Waals surface area contributed by atoms with Crippen LogP contribution in [0.5, 0.6) is 0 Å². The summed E-state index contributed by atoms with van der Waals surface area (Å²) in [6.07, 6.45) is 2.77. The number of pyridine rings is 1. The van der Waals surface area contributed by atoms with E-state index in [4.69, 9.17) is 5.73 Å². The number of nitro groups is 1. The Balaban J connectivity index is 2.26. The van der Waals surface area contributed by atoms with Crippen LogP contribution in [0.3, 0.4) is 0 Å². The van der Waals surface area contributed by atoms with E-state index >= 15 is 0 Å². The van der Waals surface area contributed by atoms with Crippen LogP contribution >= 0.6 is 0 Å². The second kappa shape index (κ2) is 5.75. The Hall–Kier alpha value is -2.01. The van der Waals surface area contributed by atoms with Gasteiger partial charge in [0, 0.05) is 35.7 Å². The first-order valence-electron chi connectivity index (χ1n) is 6.40. The number of aromatic nitrogens is 1. The number of non-ortho nitro benzene ring substituents is 1. The van der Waals surface area contributed by atoms with Gasteiger partial charge in [-0.3, -0.25) is 15.1 Å². The number of nitro benzene ring substituents is 1. The number of rotatable bonds is 5. The summed E-state index contributed by atoms with van der Waals surface area (Å²) in [5.74, 6) is 0. The lowest BCUT2D eigenvalue weighted by Gasteiger charge is -2.09. The van der Waals surface area contributed by atoms with Gasteiger partial charge in [0.2, 0.25) is 0 Å². The van der Waals surface area contributed by atoms with Crippen molar-refractivity contribution in [2.24, 2.45) is 5.73 Å². The molecule has 5 nitrogen and oxygen atoms in total. The highest BCUT2D eigenvalue weighted by molar-refractivity contribution is 5.81. The first kappa shape index (κ1) is 13.4. The van der Waals surface area contributed by atoms with Crippen LogP contribution in [-0.2, 0) is 6.42 Å². The minimum absolute atomic E-state index is 0.0877. The summed E-state index contributed by atoms with van der Waals surface area (Å²) in [6, 6.07) is 8.57. The van der Waals surface area contributed by atoms with Crippen LogP contribution in [0.15, 0.2) is 30.3 Å². The van der Waals surface area contributed by atoms with Crippen LogP contribution in [0.1, 0.15) is 25.5 Å². The van der Waals surface area contributed by atoms with Gasteiger partial charge in [-0.1, -0.05) is 19.4 Å². The minimum atomic E-state index is -0.398. The summed E-state index contributed by atoms with van der Waals surface area (Å²) in [5.41, 5.74) is 7.79. The maximum atomic E-state index is 10.7. The van der Waals surface area contributed by atoms with Crippen molar-refractivity contribution >= 4 is 16.6 Å². The summed E-state index contributed by atoms with van der Waals surface area (Å²) in [5, 5.41) is 11.5. The molecule has 0 amide bonds. The van der Waals surface area contributed by atoms with E-state index in [0.29, 0.717) is 0 Å². The first-order valence-corrected chi connectivity index (χ1v) is 6.40. The quantitative estimate of drug-likeness (QED) is 0.661. The van der Waals surface area contributed by atoms with Gasteiger partial charge in [-0.2, -0.15) is 0 Å². The van der Waals surface area contributed by atoms with Gasteiger partial charge in [0.15, 0.2) is 0 Å². The Kier molecular flexibility index (Phi) is 4.06. The van der Waals surface area contributed by atoms with Crippen LogP contribution in [0.4, 0.5) is 5.69 Å². The predicted molar refractivity (Wildman–Crippen MR) is 75.0 cm³/mol. The molecular formula is C14H17N3O2. The van der Waals surface area contributed by atoms with Crippen molar-refractivity contribution in [3.8, 4) is 0 Å². The van der Waals surface area contributed by atoms with Gasteiger partial charge in [0.1, 0.15) is 0 Å². The fourth-order valence-corrected chi connectivity index (χ4v) is 2.12. The van der Waals surface area contributed by atoms with Crippen molar-refractivity contribution < 1.29 is 4.92 Å². The summed E-state index contributed by atoms with van der Waals surface area (Å²) in [7, 11) is 0. The molecule has 2 rings (SSSR count). The standard InChI is InChI=1S/C14H17N3O2/c1-2-3-11(15)9-12-5-4-10-8-13(17(18)19)6-7-14(10)16-12/h4-8,11H,2-3,9,15H2,1H3. The minimum Gasteiger partial charge on any atom is -0.327 e. The maximum absolute atomic E-state index is 10.7. The van der Waals surface area contributed by atoms with Crippen molar-refractivity contribution in [2.45, 2.75) is 32.2 Å². The van der Waals surface area contributed by atoms with E-state index < -0.39 is 4.92 Å². The molecule has 1 heterocycles.